The minimum Gasteiger partial charge on any atom is -0.396 e. The Morgan fingerprint density at radius 1 is 1.39 bits per heavy atom. The lowest BCUT2D eigenvalue weighted by Gasteiger charge is -2.04. The first-order valence-electron chi connectivity index (χ1n) is 5.78. The lowest BCUT2D eigenvalue weighted by atomic mass is 10.3. The van der Waals surface area contributed by atoms with Gasteiger partial charge < -0.3 is 5.73 Å². The van der Waals surface area contributed by atoms with Gasteiger partial charge in [-0.3, -0.25) is 4.68 Å². The van der Waals surface area contributed by atoms with Gasteiger partial charge in [-0.1, -0.05) is 0 Å². The van der Waals surface area contributed by atoms with Crippen LogP contribution >= 0.6 is 11.8 Å². The second kappa shape index (κ2) is 5.44. The molecule has 1 aromatic carbocycles. The Morgan fingerprint density at radius 3 is 2.78 bits per heavy atom. The molecule has 96 valence electrons. The zero-order chi connectivity index (χ0) is 13.1. The fourth-order valence-electron chi connectivity index (χ4n) is 1.50. The van der Waals surface area contributed by atoms with Crippen molar-refractivity contribution in [2.45, 2.75) is 30.5 Å². The van der Waals surface area contributed by atoms with Crippen LogP contribution in [0.1, 0.15) is 25.6 Å². The van der Waals surface area contributed by atoms with Crippen LogP contribution in [-0.4, -0.2) is 9.78 Å². The van der Waals surface area contributed by atoms with Crippen molar-refractivity contribution in [3.8, 4) is 0 Å². The lowest BCUT2D eigenvalue weighted by molar-refractivity contribution is 0.529. The van der Waals surface area contributed by atoms with Crippen molar-refractivity contribution in [2.24, 2.45) is 0 Å². The number of aromatic nitrogens is 2. The van der Waals surface area contributed by atoms with E-state index in [0.717, 1.165) is 16.3 Å². The molecule has 18 heavy (non-hydrogen) atoms. The number of nitrogens with two attached hydrogens (primary N) is 1. The van der Waals surface area contributed by atoms with Crippen molar-refractivity contribution in [1.29, 1.82) is 0 Å². The molecule has 0 unspecified atom stereocenters. The van der Waals surface area contributed by atoms with E-state index in [2.05, 4.69) is 18.9 Å². The van der Waals surface area contributed by atoms with Gasteiger partial charge in [0.1, 0.15) is 5.82 Å². The SMILES string of the molecule is CC(C)n1ccc(CSc2ccc(N)c(F)c2)n1. The molecule has 0 bridgehead atoms. The van der Waals surface area contributed by atoms with Gasteiger partial charge in [-0.2, -0.15) is 5.10 Å². The van der Waals surface area contributed by atoms with Gasteiger partial charge in [0.15, 0.2) is 0 Å². The van der Waals surface area contributed by atoms with Crippen LogP contribution in [0, 0.1) is 5.82 Å². The number of hydrogen-bond donors (Lipinski definition) is 1. The van der Waals surface area contributed by atoms with E-state index in [1.807, 2.05) is 23.0 Å². The van der Waals surface area contributed by atoms with Crippen molar-refractivity contribution in [2.75, 3.05) is 5.73 Å². The predicted molar refractivity (Wildman–Crippen MR) is 73.0 cm³/mol. The van der Waals surface area contributed by atoms with Crippen LogP contribution in [-0.2, 0) is 5.75 Å². The van der Waals surface area contributed by atoms with E-state index in [0.29, 0.717) is 6.04 Å². The summed E-state index contributed by atoms with van der Waals surface area (Å²) in [6.07, 6.45) is 1.96. The van der Waals surface area contributed by atoms with E-state index in [4.69, 9.17) is 5.73 Å². The first kappa shape index (κ1) is 13.0. The highest BCUT2D eigenvalue weighted by Gasteiger charge is 2.04. The van der Waals surface area contributed by atoms with Crippen LogP contribution < -0.4 is 5.73 Å². The van der Waals surface area contributed by atoms with E-state index in [1.165, 1.54) is 6.07 Å². The quantitative estimate of drug-likeness (QED) is 0.680. The molecule has 1 heterocycles. The predicted octanol–water partition coefficient (Wildman–Crippen LogP) is 3.48. The Balaban J connectivity index is 2.00. The Morgan fingerprint density at radius 2 is 2.17 bits per heavy atom. The molecule has 0 aliphatic carbocycles. The fraction of sp³-hybridized carbons (Fsp3) is 0.308. The zero-order valence-corrected chi connectivity index (χ0v) is 11.2. The maximum Gasteiger partial charge on any atom is 0.147 e. The van der Waals surface area contributed by atoms with Gasteiger partial charge in [0.05, 0.1) is 11.4 Å². The fourth-order valence-corrected chi connectivity index (χ4v) is 2.32. The molecule has 0 spiro atoms. The normalized spacial score (nSPS) is 11.1. The minimum atomic E-state index is -0.368. The molecular weight excluding hydrogens is 249 g/mol. The molecule has 3 nitrogen and oxygen atoms in total. The highest BCUT2D eigenvalue weighted by molar-refractivity contribution is 7.98. The molecule has 0 aliphatic heterocycles. The molecule has 0 saturated carbocycles. The van der Waals surface area contributed by atoms with Gasteiger partial charge in [-0.15, -0.1) is 11.8 Å². The molecule has 2 rings (SSSR count). The molecule has 2 aromatic rings. The maximum atomic E-state index is 13.3. The molecule has 1 aromatic heterocycles. The number of nitrogen functional groups attached to an aromatic ring is 1. The Hall–Kier alpha value is -1.49. The summed E-state index contributed by atoms with van der Waals surface area (Å²) in [6, 6.07) is 7.21. The molecule has 0 aliphatic rings. The standard InChI is InChI=1S/C13H16FN3S/c1-9(2)17-6-5-10(16-17)8-18-11-3-4-13(15)12(14)7-11/h3-7,9H,8,15H2,1-2H3. The largest absolute Gasteiger partial charge is 0.396 e. The van der Waals surface area contributed by atoms with E-state index < -0.39 is 0 Å². The number of benzene rings is 1. The summed E-state index contributed by atoms with van der Waals surface area (Å²) >= 11 is 1.55. The average Bonchev–Trinajstić information content (AvgIpc) is 2.79. The summed E-state index contributed by atoms with van der Waals surface area (Å²) in [4.78, 5) is 0.862. The highest BCUT2D eigenvalue weighted by Crippen LogP contribution is 2.25. The highest BCUT2D eigenvalue weighted by atomic mass is 32.2. The lowest BCUT2D eigenvalue weighted by Crippen LogP contribution is -2.01. The summed E-state index contributed by atoms with van der Waals surface area (Å²) in [6.45, 7) is 4.17. The molecule has 0 radical (unpaired) electrons. The molecule has 0 saturated heterocycles. The van der Waals surface area contributed by atoms with Gasteiger partial charge in [-0.25, -0.2) is 4.39 Å². The smallest absolute Gasteiger partial charge is 0.147 e. The van der Waals surface area contributed by atoms with E-state index in [9.17, 15) is 4.39 Å². The Bertz CT molecular complexity index is 537. The van der Waals surface area contributed by atoms with Crippen molar-refractivity contribution in [3.63, 3.8) is 0 Å². The van der Waals surface area contributed by atoms with Crippen LogP contribution in [0.3, 0.4) is 0 Å². The third-order valence-corrected chi connectivity index (χ3v) is 3.58. The van der Waals surface area contributed by atoms with Crippen LogP contribution in [0.2, 0.25) is 0 Å². The van der Waals surface area contributed by atoms with E-state index in [1.54, 1.807) is 17.8 Å². The zero-order valence-electron chi connectivity index (χ0n) is 10.4. The third kappa shape index (κ3) is 3.04. The summed E-state index contributed by atoms with van der Waals surface area (Å²) in [5.74, 6) is 0.357. The topological polar surface area (TPSA) is 43.8 Å². The van der Waals surface area contributed by atoms with Crippen molar-refractivity contribution >= 4 is 17.4 Å². The summed E-state index contributed by atoms with van der Waals surface area (Å²) < 4.78 is 15.2. The minimum absolute atomic E-state index is 0.184. The second-order valence-electron chi connectivity index (χ2n) is 4.35. The van der Waals surface area contributed by atoms with Crippen LogP contribution in [0.25, 0.3) is 0 Å². The second-order valence-corrected chi connectivity index (χ2v) is 5.40. The van der Waals surface area contributed by atoms with Crippen molar-refractivity contribution in [1.82, 2.24) is 9.78 Å². The molecule has 0 amide bonds. The molecule has 0 atom stereocenters. The van der Waals surface area contributed by atoms with E-state index >= 15 is 0 Å². The molecule has 2 N–H and O–H groups in total. The molecule has 0 fully saturated rings. The molecular formula is C13H16FN3S. The van der Waals surface area contributed by atoms with Gasteiger partial charge in [0.25, 0.3) is 0 Å². The summed E-state index contributed by atoms with van der Waals surface area (Å²) in [5.41, 5.74) is 6.61. The van der Waals surface area contributed by atoms with Crippen LogP contribution in [0.4, 0.5) is 10.1 Å². The average molecular weight is 265 g/mol. The summed E-state index contributed by atoms with van der Waals surface area (Å²) in [5, 5.41) is 4.44. The summed E-state index contributed by atoms with van der Waals surface area (Å²) in [7, 11) is 0. The van der Waals surface area contributed by atoms with Gasteiger partial charge in [0.2, 0.25) is 0 Å². The van der Waals surface area contributed by atoms with Crippen LogP contribution in [0.15, 0.2) is 35.4 Å². The third-order valence-electron chi connectivity index (χ3n) is 2.55. The van der Waals surface area contributed by atoms with Gasteiger partial charge in [-0.05, 0) is 38.1 Å². The number of thioether (sulfide) groups is 1. The van der Waals surface area contributed by atoms with E-state index in [-0.39, 0.29) is 11.5 Å². The number of anilines is 1. The Kier molecular flexibility index (Phi) is 3.91. The van der Waals surface area contributed by atoms with Crippen molar-refractivity contribution in [3.05, 3.63) is 42.0 Å². The number of halogens is 1. The van der Waals surface area contributed by atoms with Crippen LogP contribution in [0.5, 0.6) is 0 Å². The monoisotopic (exact) mass is 265 g/mol. The number of hydrogen-bond acceptors (Lipinski definition) is 3. The number of nitrogens with zero attached hydrogens (tertiary/aromatic N) is 2. The molecule has 5 heteroatoms. The first-order valence-corrected chi connectivity index (χ1v) is 6.76. The van der Waals surface area contributed by atoms with Crippen molar-refractivity contribution < 1.29 is 4.39 Å². The Labute approximate surface area is 110 Å². The van der Waals surface area contributed by atoms with Gasteiger partial charge >= 0.3 is 0 Å². The maximum absolute atomic E-state index is 13.3. The number of rotatable bonds is 4. The van der Waals surface area contributed by atoms with Gasteiger partial charge in [0, 0.05) is 22.9 Å². The first-order chi connectivity index (χ1) is 8.56.